The lowest BCUT2D eigenvalue weighted by atomic mass is 10.1. The largest absolute Gasteiger partial charge is 0.493 e. The molecule has 0 saturated carbocycles. The lowest BCUT2D eigenvalue weighted by Gasteiger charge is -2.33. The van der Waals surface area contributed by atoms with Gasteiger partial charge in [-0.15, -0.1) is 5.10 Å². The molecular formula is C26H35N5O6S. The number of rotatable bonds is 11. The number of H-pyrrole nitrogens is 1. The van der Waals surface area contributed by atoms with Gasteiger partial charge in [0.05, 0.1) is 22.8 Å². The van der Waals surface area contributed by atoms with Crippen molar-refractivity contribution >= 4 is 21.8 Å². The van der Waals surface area contributed by atoms with Crippen molar-refractivity contribution in [2.24, 2.45) is 0 Å². The minimum absolute atomic E-state index is 0.0774. The molecule has 1 saturated heterocycles. The number of aldehydes is 1. The maximum atomic E-state index is 13.6. The van der Waals surface area contributed by atoms with E-state index in [-0.39, 0.29) is 17.3 Å². The summed E-state index contributed by atoms with van der Waals surface area (Å²) in [7, 11) is -3.82. The highest BCUT2D eigenvalue weighted by Gasteiger charge is 2.30. The van der Waals surface area contributed by atoms with Crippen LogP contribution in [0.1, 0.15) is 48.3 Å². The molecule has 3 heterocycles. The molecule has 1 aliphatic rings. The van der Waals surface area contributed by atoms with Crippen LogP contribution in [0.3, 0.4) is 0 Å². The van der Waals surface area contributed by atoms with Crippen LogP contribution in [0.25, 0.3) is 16.9 Å². The number of aromatic nitrogens is 3. The number of sulfonamides is 1. The van der Waals surface area contributed by atoms with Crippen LogP contribution in [-0.2, 0) is 16.4 Å². The zero-order chi connectivity index (χ0) is 27.4. The van der Waals surface area contributed by atoms with Gasteiger partial charge in [-0.2, -0.15) is 4.31 Å². The summed E-state index contributed by atoms with van der Waals surface area (Å²) in [4.78, 5) is 30.0. The number of aliphatic hydroxyl groups excluding tert-OH is 1. The molecule has 1 aromatic carbocycles. The van der Waals surface area contributed by atoms with Crippen LogP contribution in [0.5, 0.6) is 5.75 Å². The van der Waals surface area contributed by atoms with E-state index in [4.69, 9.17) is 9.84 Å². The van der Waals surface area contributed by atoms with Crippen LogP contribution in [0.4, 0.5) is 0 Å². The molecule has 4 rings (SSSR count). The zero-order valence-electron chi connectivity index (χ0n) is 22.1. The van der Waals surface area contributed by atoms with Crippen LogP contribution in [0, 0.1) is 6.92 Å². The molecule has 206 valence electrons. The van der Waals surface area contributed by atoms with Crippen molar-refractivity contribution in [2.45, 2.75) is 44.9 Å². The van der Waals surface area contributed by atoms with Crippen LogP contribution in [-0.4, -0.2) is 89.6 Å². The molecule has 0 radical (unpaired) electrons. The second-order valence-electron chi connectivity index (χ2n) is 9.33. The standard InChI is InChI=1S/C26H35N5O6S/c1-4-7-22-21(17-33)18(3)24-26(34)27-25(28-31(22)24)20-16-19(8-9-23(20)37-5-2)38(35,36)30-13-11-29(12-14-30)10-6-15-32/h8-9,16-17,32H,4-7,10-15H2,1-3H3,(H,27,28,34). The number of nitrogens with zero attached hydrogens (tertiary/aromatic N) is 4. The fraction of sp³-hybridized carbons (Fsp3) is 0.500. The van der Waals surface area contributed by atoms with Crippen molar-refractivity contribution in [3.63, 3.8) is 0 Å². The number of hydrogen-bond acceptors (Lipinski definition) is 8. The molecule has 1 aliphatic heterocycles. The van der Waals surface area contributed by atoms with Gasteiger partial charge in [-0.3, -0.25) is 9.59 Å². The molecule has 38 heavy (non-hydrogen) atoms. The van der Waals surface area contributed by atoms with E-state index in [1.165, 1.54) is 21.0 Å². The smallest absolute Gasteiger partial charge is 0.275 e. The predicted molar refractivity (Wildman–Crippen MR) is 143 cm³/mol. The average molecular weight is 546 g/mol. The monoisotopic (exact) mass is 545 g/mol. The van der Waals surface area contributed by atoms with Crippen molar-refractivity contribution in [3.05, 3.63) is 45.4 Å². The number of nitrogens with one attached hydrogen (secondary N) is 1. The van der Waals surface area contributed by atoms with Gasteiger partial charge in [0.15, 0.2) is 12.1 Å². The minimum Gasteiger partial charge on any atom is -0.493 e. The Bertz CT molecular complexity index is 1470. The van der Waals surface area contributed by atoms with Gasteiger partial charge in [-0.05, 0) is 50.5 Å². The molecule has 0 unspecified atom stereocenters. The number of benzene rings is 1. The second kappa shape index (κ2) is 11.8. The zero-order valence-corrected chi connectivity index (χ0v) is 22.9. The van der Waals surface area contributed by atoms with Gasteiger partial charge >= 0.3 is 0 Å². The van der Waals surface area contributed by atoms with E-state index >= 15 is 0 Å². The Morgan fingerprint density at radius 3 is 2.55 bits per heavy atom. The van der Waals surface area contributed by atoms with Crippen molar-refractivity contribution < 1.29 is 23.1 Å². The van der Waals surface area contributed by atoms with Gasteiger partial charge in [0.25, 0.3) is 5.56 Å². The van der Waals surface area contributed by atoms with Gasteiger partial charge in [-0.1, -0.05) is 13.3 Å². The number of aliphatic hydroxyl groups is 1. The summed E-state index contributed by atoms with van der Waals surface area (Å²) in [5.41, 5.74) is 1.86. The van der Waals surface area contributed by atoms with E-state index in [0.29, 0.717) is 79.3 Å². The topological polar surface area (TPSA) is 137 Å². The summed E-state index contributed by atoms with van der Waals surface area (Å²) in [6.07, 6.45) is 2.70. The van der Waals surface area contributed by atoms with Gasteiger partial charge in [0.1, 0.15) is 11.3 Å². The molecule has 11 nitrogen and oxygen atoms in total. The first kappa shape index (κ1) is 28.0. The molecule has 2 aromatic heterocycles. The molecule has 12 heteroatoms. The average Bonchev–Trinajstić information content (AvgIpc) is 3.18. The molecule has 2 N–H and O–H groups in total. The minimum atomic E-state index is -3.82. The lowest BCUT2D eigenvalue weighted by Crippen LogP contribution is -2.48. The maximum absolute atomic E-state index is 13.6. The first-order chi connectivity index (χ1) is 18.3. The Kier molecular flexibility index (Phi) is 8.66. The Balaban J connectivity index is 1.78. The highest BCUT2D eigenvalue weighted by atomic mass is 32.2. The molecule has 3 aromatic rings. The van der Waals surface area contributed by atoms with Crippen LogP contribution in [0.15, 0.2) is 27.9 Å². The molecule has 0 amide bonds. The quantitative estimate of drug-likeness (QED) is 0.348. The van der Waals surface area contributed by atoms with E-state index in [1.54, 1.807) is 13.0 Å². The normalized spacial score (nSPS) is 15.3. The third kappa shape index (κ3) is 5.26. The van der Waals surface area contributed by atoms with Crippen LogP contribution < -0.4 is 10.3 Å². The molecule has 0 aliphatic carbocycles. The summed E-state index contributed by atoms with van der Waals surface area (Å²) in [6.45, 7) is 8.53. The first-order valence-corrected chi connectivity index (χ1v) is 14.4. The summed E-state index contributed by atoms with van der Waals surface area (Å²) < 4.78 is 35.8. The van der Waals surface area contributed by atoms with E-state index in [2.05, 4.69) is 15.0 Å². The van der Waals surface area contributed by atoms with E-state index in [9.17, 15) is 18.0 Å². The van der Waals surface area contributed by atoms with E-state index in [0.717, 1.165) is 19.3 Å². The third-order valence-electron chi connectivity index (χ3n) is 6.90. The number of ether oxygens (including phenoxy) is 1. The van der Waals surface area contributed by atoms with Crippen molar-refractivity contribution in [1.29, 1.82) is 0 Å². The summed E-state index contributed by atoms with van der Waals surface area (Å²) in [5.74, 6) is 0.543. The fourth-order valence-corrected chi connectivity index (χ4v) is 6.40. The van der Waals surface area contributed by atoms with Gasteiger partial charge in [0.2, 0.25) is 10.0 Å². The highest BCUT2D eigenvalue weighted by molar-refractivity contribution is 7.89. The van der Waals surface area contributed by atoms with Crippen molar-refractivity contribution in [3.8, 4) is 17.1 Å². The number of aromatic amines is 1. The Morgan fingerprint density at radius 2 is 1.92 bits per heavy atom. The van der Waals surface area contributed by atoms with Crippen molar-refractivity contribution in [2.75, 3.05) is 45.9 Å². The van der Waals surface area contributed by atoms with Gasteiger partial charge in [-0.25, -0.2) is 12.9 Å². The Morgan fingerprint density at radius 1 is 1.18 bits per heavy atom. The second-order valence-corrected chi connectivity index (χ2v) is 11.3. The van der Waals surface area contributed by atoms with Crippen LogP contribution >= 0.6 is 0 Å². The maximum Gasteiger partial charge on any atom is 0.275 e. The summed E-state index contributed by atoms with van der Waals surface area (Å²) in [6, 6.07) is 4.57. The molecule has 0 bridgehead atoms. The summed E-state index contributed by atoms with van der Waals surface area (Å²) in [5, 5.41) is 13.7. The van der Waals surface area contributed by atoms with E-state index < -0.39 is 15.6 Å². The first-order valence-electron chi connectivity index (χ1n) is 13.0. The highest BCUT2D eigenvalue weighted by Crippen LogP contribution is 2.32. The van der Waals surface area contributed by atoms with Crippen LogP contribution in [0.2, 0.25) is 0 Å². The predicted octanol–water partition coefficient (Wildman–Crippen LogP) is 1.85. The fourth-order valence-electron chi connectivity index (χ4n) is 4.95. The Hall–Kier alpha value is -3.06. The van der Waals surface area contributed by atoms with Crippen molar-refractivity contribution in [1.82, 2.24) is 23.8 Å². The SMILES string of the molecule is CCCc1c(C=O)c(C)c2c(=O)[nH]c(-c3cc(S(=O)(=O)N4CCN(CCCO)CC4)ccc3OCC)nn12. The molecule has 1 fully saturated rings. The van der Waals surface area contributed by atoms with E-state index in [1.807, 2.05) is 13.8 Å². The molecule has 0 atom stereocenters. The summed E-state index contributed by atoms with van der Waals surface area (Å²) >= 11 is 0. The number of piperazine rings is 1. The number of carbonyl (C=O) groups is 1. The number of aryl methyl sites for hydroxylation is 2. The van der Waals surface area contributed by atoms with Gasteiger partial charge in [0, 0.05) is 44.9 Å². The third-order valence-corrected chi connectivity index (χ3v) is 8.79. The number of fused-ring (bicyclic) bond motifs is 1. The van der Waals surface area contributed by atoms with Gasteiger partial charge < -0.3 is 19.7 Å². The molecule has 0 spiro atoms. The molecular weight excluding hydrogens is 510 g/mol. The Labute approximate surface area is 222 Å². The lowest BCUT2D eigenvalue weighted by molar-refractivity contribution is 0.112. The number of hydrogen-bond donors (Lipinski definition) is 2. The number of carbonyl (C=O) groups excluding carboxylic acids is 1.